The quantitative estimate of drug-likeness (QED) is 0.692. The first kappa shape index (κ1) is 9.97. The lowest BCUT2D eigenvalue weighted by Gasteiger charge is -1.99. The number of nitrogens with zero attached hydrogens (tertiary/aromatic N) is 2. The van der Waals surface area contributed by atoms with Crippen LogP contribution in [0.4, 0.5) is 0 Å². The fourth-order valence-electron chi connectivity index (χ4n) is 1.70. The predicted octanol–water partition coefficient (Wildman–Crippen LogP) is 3.01. The van der Waals surface area contributed by atoms with E-state index in [0.717, 1.165) is 5.69 Å². The van der Waals surface area contributed by atoms with Crippen LogP contribution < -0.4 is 0 Å². The average molecular weight is 200 g/mol. The second-order valence-corrected chi connectivity index (χ2v) is 4.05. The summed E-state index contributed by atoms with van der Waals surface area (Å²) in [4.78, 5) is 0. The molecular weight excluding hydrogens is 184 g/mol. The van der Waals surface area contributed by atoms with Crippen LogP contribution in [-0.4, -0.2) is 9.78 Å². The molecule has 0 atom stereocenters. The van der Waals surface area contributed by atoms with E-state index < -0.39 is 0 Å². The summed E-state index contributed by atoms with van der Waals surface area (Å²) < 4.78 is 1.94. The van der Waals surface area contributed by atoms with E-state index in [-0.39, 0.29) is 0 Å². The molecule has 0 N–H and O–H groups in total. The Kier molecular flexibility index (Phi) is 2.35. The van der Waals surface area contributed by atoms with Crippen molar-refractivity contribution in [2.45, 2.75) is 20.8 Å². The molecule has 0 aliphatic heterocycles. The number of rotatable bonds is 1. The van der Waals surface area contributed by atoms with E-state index in [1.807, 2.05) is 11.7 Å². The molecule has 2 nitrogen and oxygen atoms in total. The Hall–Kier alpha value is -1.57. The Morgan fingerprint density at radius 2 is 1.60 bits per heavy atom. The summed E-state index contributed by atoms with van der Waals surface area (Å²) in [6, 6.07) is 8.51. The van der Waals surface area contributed by atoms with E-state index in [4.69, 9.17) is 0 Å². The molecule has 0 saturated carbocycles. The first-order valence-corrected chi connectivity index (χ1v) is 5.17. The fraction of sp³-hybridized carbons (Fsp3) is 0.308. The summed E-state index contributed by atoms with van der Waals surface area (Å²) in [5, 5.41) is 4.53. The molecule has 15 heavy (non-hydrogen) atoms. The van der Waals surface area contributed by atoms with E-state index in [1.165, 1.54) is 22.4 Å². The molecule has 0 bridgehead atoms. The van der Waals surface area contributed by atoms with Gasteiger partial charge in [0.1, 0.15) is 0 Å². The molecule has 1 heterocycles. The van der Waals surface area contributed by atoms with E-state index in [0.29, 0.717) is 0 Å². The van der Waals surface area contributed by atoms with Gasteiger partial charge in [0.2, 0.25) is 0 Å². The molecule has 0 unspecified atom stereocenters. The Balaban J connectivity index is 2.54. The SMILES string of the molecule is Cc1ccc(-c2nn(C)c(C)c2C)cc1. The predicted molar refractivity (Wildman–Crippen MR) is 62.9 cm³/mol. The molecule has 0 fully saturated rings. The molecule has 0 spiro atoms. The van der Waals surface area contributed by atoms with Gasteiger partial charge in [0.05, 0.1) is 5.69 Å². The summed E-state index contributed by atoms with van der Waals surface area (Å²) in [6.07, 6.45) is 0. The van der Waals surface area contributed by atoms with Crippen molar-refractivity contribution in [3.63, 3.8) is 0 Å². The van der Waals surface area contributed by atoms with E-state index in [2.05, 4.69) is 50.1 Å². The third kappa shape index (κ3) is 1.67. The molecule has 0 saturated heterocycles. The maximum absolute atomic E-state index is 4.53. The van der Waals surface area contributed by atoms with Crippen molar-refractivity contribution in [2.75, 3.05) is 0 Å². The highest BCUT2D eigenvalue weighted by Gasteiger charge is 2.09. The summed E-state index contributed by atoms with van der Waals surface area (Å²) in [5.41, 5.74) is 6.06. The standard InChI is InChI=1S/C13H16N2/c1-9-5-7-12(8-6-9)13-10(2)11(3)15(4)14-13/h5-8H,1-4H3. The average Bonchev–Trinajstić information content (AvgIpc) is 2.47. The number of benzene rings is 1. The van der Waals surface area contributed by atoms with Crippen molar-refractivity contribution in [3.8, 4) is 11.3 Å². The van der Waals surface area contributed by atoms with Crippen molar-refractivity contribution in [1.82, 2.24) is 9.78 Å². The summed E-state index contributed by atoms with van der Waals surface area (Å²) in [7, 11) is 1.99. The normalized spacial score (nSPS) is 10.7. The van der Waals surface area contributed by atoms with E-state index >= 15 is 0 Å². The van der Waals surface area contributed by atoms with Crippen LogP contribution in [0.3, 0.4) is 0 Å². The monoisotopic (exact) mass is 200 g/mol. The lowest BCUT2D eigenvalue weighted by Crippen LogP contribution is -1.92. The lowest BCUT2D eigenvalue weighted by molar-refractivity contribution is 0.741. The molecule has 1 aromatic carbocycles. The Labute approximate surface area is 90.6 Å². The van der Waals surface area contributed by atoms with Gasteiger partial charge in [-0.25, -0.2) is 0 Å². The van der Waals surface area contributed by atoms with E-state index in [1.54, 1.807) is 0 Å². The van der Waals surface area contributed by atoms with Gasteiger partial charge in [0.25, 0.3) is 0 Å². The summed E-state index contributed by atoms with van der Waals surface area (Å²) >= 11 is 0. The van der Waals surface area contributed by atoms with Crippen molar-refractivity contribution in [1.29, 1.82) is 0 Å². The third-order valence-corrected chi connectivity index (χ3v) is 2.96. The van der Waals surface area contributed by atoms with Crippen LogP contribution in [0.2, 0.25) is 0 Å². The van der Waals surface area contributed by atoms with Gasteiger partial charge in [-0.3, -0.25) is 4.68 Å². The van der Waals surface area contributed by atoms with Gasteiger partial charge in [0, 0.05) is 18.3 Å². The van der Waals surface area contributed by atoms with Gasteiger partial charge in [-0.1, -0.05) is 29.8 Å². The summed E-state index contributed by atoms with van der Waals surface area (Å²) in [6.45, 7) is 6.32. The summed E-state index contributed by atoms with van der Waals surface area (Å²) in [5.74, 6) is 0. The smallest absolute Gasteiger partial charge is 0.0954 e. The van der Waals surface area contributed by atoms with Crippen LogP contribution >= 0.6 is 0 Å². The van der Waals surface area contributed by atoms with E-state index in [9.17, 15) is 0 Å². The zero-order valence-electron chi connectivity index (χ0n) is 9.70. The second-order valence-electron chi connectivity index (χ2n) is 4.05. The van der Waals surface area contributed by atoms with Crippen LogP contribution in [0.15, 0.2) is 24.3 Å². The largest absolute Gasteiger partial charge is 0.272 e. The molecule has 2 rings (SSSR count). The third-order valence-electron chi connectivity index (χ3n) is 2.96. The first-order valence-electron chi connectivity index (χ1n) is 5.17. The lowest BCUT2D eigenvalue weighted by atomic mass is 10.1. The van der Waals surface area contributed by atoms with Crippen molar-refractivity contribution < 1.29 is 0 Å². The molecule has 2 heteroatoms. The fourth-order valence-corrected chi connectivity index (χ4v) is 1.70. The zero-order chi connectivity index (χ0) is 11.0. The van der Waals surface area contributed by atoms with Gasteiger partial charge in [-0.2, -0.15) is 5.10 Å². The second kappa shape index (κ2) is 3.54. The number of hydrogen-bond acceptors (Lipinski definition) is 1. The van der Waals surface area contributed by atoms with Crippen LogP contribution in [-0.2, 0) is 7.05 Å². The van der Waals surface area contributed by atoms with Crippen LogP contribution in [0.1, 0.15) is 16.8 Å². The maximum Gasteiger partial charge on any atom is 0.0954 e. The van der Waals surface area contributed by atoms with Gasteiger partial charge in [-0.05, 0) is 26.3 Å². The van der Waals surface area contributed by atoms with Gasteiger partial charge >= 0.3 is 0 Å². The topological polar surface area (TPSA) is 17.8 Å². The Bertz CT molecular complexity index is 478. The molecule has 1 aromatic heterocycles. The highest BCUT2D eigenvalue weighted by atomic mass is 15.3. The minimum absolute atomic E-state index is 1.09. The maximum atomic E-state index is 4.53. The van der Waals surface area contributed by atoms with Crippen LogP contribution in [0, 0.1) is 20.8 Å². The van der Waals surface area contributed by atoms with Gasteiger partial charge in [0.15, 0.2) is 0 Å². The van der Waals surface area contributed by atoms with Crippen molar-refractivity contribution >= 4 is 0 Å². The van der Waals surface area contributed by atoms with Crippen molar-refractivity contribution in [3.05, 3.63) is 41.1 Å². The Morgan fingerprint density at radius 1 is 1.00 bits per heavy atom. The number of hydrogen-bond donors (Lipinski definition) is 0. The first-order chi connectivity index (χ1) is 7.09. The Morgan fingerprint density at radius 3 is 2.07 bits per heavy atom. The van der Waals surface area contributed by atoms with Crippen LogP contribution in [0.25, 0.3) is 11.3 Å². The minimum Gasteiger partial charge on any atom is -0.272 e. The zero-order valence-corrected chi connectivity index (χ0v) is 9.70. The highest BCUT2D eigenvalue weighted by Crippen LogP contribution is 2.23. The molecule has 2 aromatic rings. The number of aromatic nitrogens is 2. The van der Waals surface area contributed by atoms with Gasteiger partial charge in [-0.15, -0.1) is 0 Å². The molecule has 0 radical (unpaired) electrons. The molecule has 0 amide bonds. The van der Waals surface area contributed by atoms with Crippen molar-refractivity contribution in [2.24, 2.45) is 7.05 Å². The molecule has 78 valence electrons. The van der Waals surface area contributed by atoms with Crippen LogP contribution in [0.5, 0.6) is 0 Å². The minimum atomic E-state index is 1.09. The van der Waals surface area contributed by atoms with Gasteiger partial charge < -0.3 is 0 Å². The molecule has 0 aliphatic rings. The molecule has 0 aliphatic carbocycles. The molecular formula is C13H16N2. The number of aryl methyl sites for hydroxylation is 2. The highest BCUT2D eigenvalue weighted by molar-refractivity contribution is 5.63.